The van der Waals surface area contributed by atoms with Crippen molar-refractivity contribution in [3.8, 4) is 0 Å². The number of hydrogen-bond donors (Lipinski definition) is 3. The molecular formula is C19H24F2N4O2S. The summed E-state index contributed by atoms with van der Waals surface area (Å²) in [6, 6.07) is 3.03. The van der Waals surface area contributed by atoms with Crippen LogP contribution in [-0.4, -0.2) is 20.7 Å². The van der Waals surface area contributed by atoms with Crippen molar-refractivity contribution >= 4 is 21.5 Å². The van der Waals surface area contributed by atoms with Gasteiger partial charge in [-0.05, 0) is 37.3 Å². The van der Waals surface area contributed by atoms with Crippen molar-refractivity contribution < 1.29 is 17.8 Å². The average molecular weight is 410 g/mol. The Morgan fingerprint density at radius 3 is 2.75 bits per heavy atom. The van der Waals surface area contributed by atoms with Crippen LogP contribution in [0.25, 0.3) is 0 Å². The summed E-state index contributed by atoms with van der Waals surface area (Å²) in [4.78, 5) is 13.1. The van der Waals surface area contributed by atoms with Gasteiger partial charge in [-0.1, -0.05) is 13.8 Å². The zero-order valence-corrected chi connectivity index (χ0v) is 16.8. The largest absolute Gasteiger partial charge is 0.345 e. The Morgan fingerprint density at radius 2 is 2.11 bits per heavy atom. The van der Waals surface area contributed by atoms with Gasteiger partial charge < -0.3 is 9.88 Å². The summed E-state index contributed by atoms with van der Waals surface area (Å²) in [5.41, 5.74) is 0.947. The van der Waals surface area contributed by atoms with Crippen molar-refractivity contribution in [2.75, 3.05) is 5.32 Å². The molecule has 0 spiro atoms. The molecule has 0 saturated carbocycles. The quantitative estimate of drug-likeness (QED) is 0.715. The molecule has 2 aromatic rings. The highest BCUT2D eigenvalue weighted by atomic mass is 32.2. The van der Waals surface area contributed by atoms with Crippen LogP contribution < -0.4 is 10.0 Å². The molecule has 9 heteroatoms. The zero-order valence-electron chi connectivity index (χ0n) is 16.0. The van der Waals surface area contributed by atoms with Crippen LogP contribution in [0.5, 0.6) is 0 Å². The summed E-state index contributed by atoms with van der Waals surface area (Å²) in [7, 11) is -1.62. The Bertz CT molecular complexity index is 1020. The molecule has 1 aromatic heterocycles. The highest BCUT2D eigenvalue weighted by molar-refractivity contribution is 7.90. The number of anilines is 1. The van der Waals surface area contributed by atoms with Crippen LogP contribution >= 0.6 is 0 Å². The molecule has 0 aliphatic carbocycles. The van der Waals surface area contributed by atoms with Crippen LogP contribution in [0.1, 0.15) is 42.7 Å². The Balaban J connectivity index is 1.93. The minimum Gasteiger partial charge on any atom is -0.345 e. The van der Waals surface area contributed by atoms with Gasteiger partial charge in [-0.3, -0.25) is 4.79 Å². The lowest BCUT2D eigenvalue weighted by molar-refractivity contribution is 0.101. The van der Waals surface area contributed by atoms with Gasteiger partial charge in [0.1, 0.15) is 15.6 Å². The Morgan fingerprint density at radius 1 is 1.39 bits per heavy atom. The van der Waals surface area contributed by atoms with Crippen molar-refractivity contribution in [3.63, 3.8) is 0 Å². The third kappa shape index (κ3) is 4.10. The van der Waals surface area contributed by atoms with Gasteiger partial charge in [0.2, 0.25) is 0 Å². The number of nitrogens with zero attached hydrogens (tertiary/aromatic N) is 1. The summed E-state index contributed by atoms with van der Waals surface area (Å²) in [5.74, 6) is -2.19. The number of nitrogens with one attached hydrogen (secondary N) is 3. The molecule has 1 aromatic carbocycles. The maximum atomic E-state index is 13.4. The van der Waals surface area contributed by atoms with Crippen molar-refractivity contribution in [1.82, 2.24) is 9.29 Å². The third-order valence-electron chi connectivity index (χ3n) is 4.78. The number of carbonyl (C=O) groups is 1. The first-order chi connectivity index (χ1) is 13.1. The maximum absolute atomic E-state index is 13.4. The lowest BCUT2D eigenvalue weighted by Gasteiger charge is -2.19. The molecule has 0 saturated heterocycles. The molecule has 3 rings (SSSR count). The predicted molar refractivity (Wildman–Crippen MR) is 104 cm³/mol. The topological polar surface area (TPSA) is 87.0 Å². The molecule has 3 N–H and O–H groups in total. The van der Waals surface area contributed by atoms with Gasteiger partial charge >= 0.3 is 0 Å². The van der Waals surface area contributed by atoms with Gasteiger partial charge in [0.05, 0.1) is 4.90 Å². The van der Waals surface area contributed by atoms with E-state index in [9.17, 15) is 17.8 Å². The van der Waals surface area contributed by atoms with Crippen LogP contribution in [0.4, 0.5) is 14.5 Å². The Hall–Kier alpha value is -2.26. The lowest BCUT2D eigenvalue weighted by atomic mass is 9.98. The Labute approximate surface area is 163 Å². The molecule has 1 aliphatic heterocycles. The molecule has 0 radical (unpaired) electrons. The number of amides is 1. The molecule has 1 amide bonds. The third-order valence-corrected chi connectivity index (χ3v) is 6.42. The van der Waals surface area contributed by atoms with E-state index in [1.807, 2.05) is 0 Å². The van der Waals surface area contributed by atoms with Crippen LogP contribution in [-0.2, 0) is 23.4 Å². The molecule has 1 unspecified atom stereocenters. The SMILES string of the molecule is CC(C)C[C@@H]1CCc2c(cn(C)c2C(=O)Nc2ccc(F)c(F)c2)S(=N)(=O)N1. The summed E-state index contributed by atoms with van der Waals surface area (Å²) < 4.78 is 52.3. The second kappa shape index (κ2) is 7.63. The van der Waals surface area contributed by atoms with Crippen LogP contribution in [0.3, 0.4) is 0 Å². The second-order valence-corrected chi connectivity index (χ2v) is 9.34. The number of aromatic nitrogens is 1. The van der Waals surface area contributed by atoms with E-state index < -0.39 is 27.5 Å². The van der Waals surface area contributed by atoms with E-state index in [2.05, 4.69) is 23.9 Å². The van der Waals surface area contributed by atoms with E-state index in [4.69, 9.17) is 4.78 Å². The normalized spacial score (nSPS) is 22.0. The Kier molecular flexibility index (Phi) is 5.58. The predicted octanol–water partition coefficient (Wildman–Crippen LogP) is 3.83. The maximum Gasteiger partial charge on any atom is 0.272 e. The molecule has 2 atom stereocenters. The second-order valence-electron chi connectivity index (χ2n) is 7.55. The fourth-order valence-corrected chi connectivity index (χ4v) is 5.27. The number of carbonyl (C=O) groups excluding carboxylic acids is 1. The fraction of sp³-hybridized carbons (Fsp3) is 0.421. The number of benzene rings is 1. The monoisotopic (exact) mass is 410 g/mol. The molecule has 0 fully saturated rings. The van der Waals surface area contributed by atoms with Crippen molar-refractivity contribution in [3.05, 3.63) is 47.3 Å². The molecule has 2 heterocycles. The summed E-state index contributed by atoms with van der Waals surface area (Å²) in [5, 5.41) is 2.55. The minimum absolute atomic E-state index is 0.0789. The summed E-state index contributed by atoms with van der Waals surface area (Å²) >= 11 is 0. The average Bonchev–Trinajstić information content (AvgIpc) is 2.87. The molecule has 0 bridgehead atoms. The van der Waals surface area contributed by atoms with Crippen LogP contribution in [0, 0.1) is 22.3 Å². The van der Waals surface area contributed by atoms with E-state index in [1.54, 1.807) is 7.05 Å². The van der Waals surface area contributed by atoms with E-state index in [0.717, 1.165) is 18.6 Å². The first kappa shape index (κ1) is 20.5. The number of rotatable bonds is 4. The first-order valence-electron chi connectivity index (χ1n) is 9.09. The van der Waals surface area contributed by atoms with Crippen LogP contribution in [0.2, 0.25) is 0 Å². The number of aryl methyl sites for hydroxylation is 1. The smallest absolute Gasteiger partial charge is 0.272 e. The summed E-state index contributed by atoms with van der Waals surface area (Å²) in [6.45, 7) is 4.12. The minimum atomic E-state index is -3.25. The summed E-state index contributed by atoms with van der Waals surface area (Å²) in [6.07, 6.45) is 3.46. The fourth-order valence-electron chi connectivity index (χ4n) is 3.61. The number of hydrogen-bond acceptors (Lipinski definition) is 3. The molecule has 6 nitrogen and oxygen atoms in total. The van der Waals surface area contributed by atoms with E-state index >= 15 is 0 Å². The molecule has 28 heavy (non-hydrogen) atoms. The standard InChI is InChI=1S/C19H24F2N4O2S/c1-11(2)8-13-4-6-14-17(28(22,27)24-13)10-25(3)18(14)19(26)23-12-5-7-15(20)16(21)9-12/h5,7,9-11,13H,4,6,8H2,1-3H3,(H,23,26)(H2,22,24,27)/t13-,28?/m0/s1. The van der Waals surface area contributed by atoms with Gasteiger partial charge in [-0.15, -0.1) is 0 Å². The van der Waals surface area contributed by atoms with Gasteiger partial charge in [0.25, 0.3) is 5.91 Å². The zero-order chi connectivity index (χ0) is 20.6. The number of fused-ring (bicyclic) bond motifs is 1. The van der Waals surface area contributed by atoms with Gasteiger partial charge in [0.15, 0.2) is 11.6 Å². The number of halogens is 2. The van der Waals surface area contributed by atoms with Crippen molar-refractivity contribution in [2.24, 2.45) is 13.0 Å². The first-order valence-corrected chi connectivity index (χ1v) is 10.6. The van der Waals surface area contributed by atoms with E-state index in [-0.39, 0.29) is 17.4 Å². The van der Waals surface area contributed by atoms with E-state index in [1.165, 1.54) is 16.8 Å². The van der Waals surface area contributed by atoms with E-state index in [0.29, 0.717) is 29.2 Å². The van der Waals surface area contributed by atoms with Crippen LogP contribution in [0.15, 0.2) is 29.3 Å². The highest BCUT2D eigenvalue weighted by Gasteiger charge is 2.31. The van der Waals surface area contributed by atoms with Gasteiger partial charge in [0, 0.05) is 36.6 Å². The van der Waals surface area contributed by atoms with Crippen molar-refractivity contribution in [1.29, 1.82) is 4.78 Å². The lowest BCUT2D eigenvalue weighted by Crippen LogP contribution is -2.33. The van der Waals surface area contributed by atoms with Crippen molar-refractivity contribution in [2.45, 2.75) is 44.0 Å². The highest BCUT2D eigenvalue weighted by Crippen LogP contribution is 2.29. The molecular weight excluding hydrogens is 386 g/mol. The van der Waals surface area contributed by atoms with Gasteiger partial charge in [-0.25, -0.2) is 22.5 Å². The van der Waals surface area contributed by atoms with Gasteiger partial charge in [-0.2, -0.15) is 0 Å². The molecule has 152 valence electrons. The molecule has 1 aliphatic rings.